The molecule has 18 heavy (non-hydrogen) atoms. The summed E-state index contributed by atoms with van der Waals surface area (Å²) in [4.78, 5) is 13.2. The molecule has 2 unspecified atom stereocenters. The highest BCUT2D eigenvalue weighted by Gasteiger charge is 2.27. The van der Waals surface area contributed by atoms with E-state index < -0.39 is 0 Å². The van der Waals surface area contributed by atoms with Gasteiger partial charge in [0.15, 0.2) is 0 Å². The molecular weight excluding hydrogens is 248 g/mol. The molecule has 3 nitrogen and oxygen atoms in total. The van der Waals surface area contributed by atoms with E-state index in [0.29, 0.717) is 5.70 Å². The Kier molecular flexibility index (Phi) is 4.07. The number of nitrogens with zero attached hydrogens (tertiary/aromatic N) is 1. The molecule has 1 fully saturated rings. The number of hydrogen-bond acceptors (Lipinski definition) is 3. The summed E-state index contributed by atoms with van der Waals surface area (Å²) in [5.41, 5.74) is 1.84. The summed E-state index contributed by atoms with van der Waals surface area (Å²) in [7, 11) is 0. The van der Waals surface area contributed by atoms with Gasteiger partial charge in [-0.2, -0.15) is 0 Å². The fourth-order valence-corrected chi connectivity index (χ4v) is 2.34. The van der Waals surface area contributed by atoms with Crippen molar-refractivity contribution in [2.24, 2.45) is 0 Å². The van der Waals surface area contributed by atoms with Crippen molar-refractivity contribution < 1.29 is 4.79 Å². The number of rotatable bonds is 2. The van der Waals surface area contributed by atoms with Crippen LogP contribution in [0.5, 0.6) is 0 Å². The van der Waals surface area contributed by atoms with Gasteiger partial charge >= 0.3 is 0 Å². The fourth-order valence-electron chi connectivity index (χ4n) is 2.21. The van der Waals surface area contributed by atoms with Crippen LogP contribution in [0.2, 0.25) is 5.02 Å². The molecule has 2 rings (SSSR count). The van der Waals surface area contributed by atoms with Crippen LogP contribution in [0, 0.1) is 0 Å². The second kappa shape index (κ2) is 5.57. The molecule has 0 radical (unpaired) electrons. The van der Waals surface area contributed by atoms with Crippen molar-refractivity contribution in [2.45, 2.75) is 32.5 Å². The Morgan fingerprint density at radius 1 is 1.39 bits per heavy atom. The molecule has 1 N–H and O–H groups in total. The van der Waals surface area contributed by atoms with Gasteiger partial charge in [0, 0.05) is 24.2 Å². The third-order valence-corrected chi connectivity index (χ3v) is 3.59. The second-order valence-corrected chi connectivity index (χ2v) is 5.16. The van der Waals surface area contributed by atoms with E-state index in [2.05, 4.69) is 23.1 Å². The molecule has 0 spiro atoms. The second-order valence-electron chi connectivity index (χ2n) is 4.72. The van der Waals surface area contributed by atoms with Crippen molar-refractivity contribution in [3.63, 3.8) is 0 Å². The number of nitrogens with one attached hydrogen (secondary N) is 1. The third-order valence-electron chi connectivity index (χ3n) is 3.34. The van der Waals surface area contributed by atoms with Crippen molar-refractivity contribution >= 4 is 17.5 Å². The molecule has 1 saturated heterocycles. The van der Waals surface area contributed by atoms with E-state index in [-0.39, 0.29) is 12.1 Å². The summed E-state index contributed by atoms with van der Waals surface area (Å²) in [5, 5.41) is 4.02. The number of halogens is 1. The average molecular weight is 265 g/mol. The molecule has 1 aromatic carbocycles. The van der Waals surface area contributed by atoms with Crippen LogP contribution in [0.25, 0.3) is 0 Å². The Morgan fingerprint density at radius 2 is 2.06 bits per heavy atom. The minimum atomic E-state index is 0.0611. The average Bonchev–Trinajstić information content (AvgIpc) is 2.37. The summed E-state index contributed by atoms with van der Waals surface area (Å²) in [6.07, 6.45) is 0. The first-order valence-electron chi connectivity index (χ1n) is 6.11. The summed E-state index contributed by atoms with van der Waals surface area (Å²) >= 11 is 5.87. The Morgan fingerprint density at radius 3 is 2.67 bits per heavy atom. The van der Waals surface area contributed by atoms with Crippen molar-refractivity contribution in [1.82, 2.24) is 10.2 Å². The zero-order chi connectivity index (χ0) is 13.1. The number of benzene rings is 1. The van der Waals surface area contributed by atoms with E-state index in [1.807, 2.05) is 31.2 Å². The van der Waals surface area contributed by atoms with Gasteiger partial charge in [-0.1, -0.05) is 23.7 Å². The van der Waals surface area contributed by atoms with Crippen molar-refractivity contribution in [1.29, 1.82) is 0 Å². The maximum absolute atomic E-state index is 11.1. The van der Waals surface area contributed by atoms with Gasteiger partial charge in [0.05, 0.1) is 6.04 Å². The maximum Gasteiger partial charge on any atom is 0.147 e. The highest BCUT2D eigenvalue weighted by molar-refractivity contribution is 6.30. The molecule has 0 aliphatic carbocycles. The monoisotopic (exact) mass is 264 g/mol. The predicted octanol–water partition coefficient (Wildman–Crippen LogP) is 2.24. The lowest BCUT2D eigenvalue weighted by molar-refractivity contribution is 0.197. The van der Waals surface area contributed by atoms with Gasteiger partial charge in [-0.05, 0) is 31.5 Å². The van der Waals surface area contributed by atoms with E-state index in [4.69, 9.17) is 11.6 Å². The van der Waals surface area contributed by atoms with Crippen LogP contribution in [-0.2, 0) is 11.3 Å². The normalized spacial score (nSPS) is 23.9. The zero-order valence-corrected chi connectivity index (χ0v) is 11.4. The molecule has 1 aliphatic heterocycles. The molecule has 0 aromatic heterocycles. The fraction of sp³-hybridized carbons (Fsp3) is 0.429. The van der Waals surface area contributed by atoms with Gasteiger partial charge in [0.25, 0.3) is 0 Å². The first kappa shape index (κ1) is 13.2. The quantitative estimate of drug-likeness (QED) is 0.832. The summed E-state index contributed by atoms with van der Waals surface area (Å²) in [6.45, 7) is 5.68. The van der Waals surface area contributed by atoms with Gasteiger partial charge in [0.2, 0.25) is 0 Å². The predicted molar refractivity (Wildman–Crippen MR) is 73.1 cm³/mol. The van der Waals surface area contributed by atoms with Crippen LogP contribution in [0.1, 0.15) is 19.4 Å². The number of piperazine rings is 1. The van der Waals surface area contributed by atoms with Gasteiger partial charge in [-0.25, -0.2) is 4.79 Å². The minimum Gasteiger partial charge on any atom is -0.356 e. The summed E-state index contributed by atoms with van der Waals surface area (Å²) < 4.78 is 0. The molecule has 0 bridgehead atoms. The van der Waals surface area contributed by atoms with Gasteiger partial charge in [-0.3, -0.25) is 0 Å². The van der Waals surface area contributed by atoms with Crippen LogP contribution in [0.3, 0.4) is 0 Å². The van der Waals surface area contributed by atoms with E-state index in [0.717, 1.165) is 23.7 Å². The zero-order valence-electron chi connectivity index (χ0n) is 10.6. The smallest absolute Gasteiger partial charge is 0.147 e. The Balaban J connectivity index is 2.19. The lowest BCUT2D eigenvalue weighted by Gasteiger charge is -2.39. The largest absolute Gasteiger partial charge is 0.356 e. The molecule has 2 atom stereocenters. The van der Waals surface area contributed by atoms with Crippen LogP contribution in [0.4, 0.5) is 0 Å². The van der Waals surface area contributed by atoms with E-state index >= 15 is 0 Å². The topological polar surface area (TPSA) is 32.3 Å². The third kappa shape index (κ3) is 2.75. The highest BCUT2D eigenvalue weighted by atomic mass is 35.5. The van der Waals surface area contributed by atoms with Gasteiger partial charge in [-0.15, -0.1) is 0 Å². The lowest BCUT2D eigenvalue weighted by Crippen LogP contribution is -2.52. The Labute approximate surface area is 112 Å². The van der Waals surface area contributed by atoms with Crippen molar-refractivity contribution in [2.75, 3.05) is 6.54 Å². The lowest BCUT2D eigenvalue weighted by atomic mass is 10.1. The van der Waals surface area contributed by atoms with Crippen molar-refractivity contribution in [3.05, 3.63) is 40.5 Å². The van der Waals surface area contributed by atoms with Crippen LogP contribution in [-0.4, -0.2) is 29.5 Å². The molecule has 0 amide bonds. The van der Waals surface area contributed by atoms with Crippen LogP contribution in [0.15, 0.2) is 30.0 Å². The highest BCUT2D eigenvalue weighted by Crippen LogP contribution is 2.20. The standard InChI is InChI=1S/C14H17ClN2O/c1-10-7-16-11(2)14(9-18)17(10)8-12-3-5-13(15)6-4-12/h3-6,10-11,16H,7-8H2,1-2H3. The van der Waals surface area contributed by atoms with Crippen LogP contribution >= 0.6 is 11.6 Å². The van der Waals surface area contributed by atoms with E-state index in [1.54, 1.807) is 0 Å². The van der Waals surface area contributed by atoms with Crippen LogP contribution < -0.4 is 5.32 Å². The SMILES string of the molecule is CC1NCC(C)N(Cc2ccc(Cl)cc2)C1=C=O. The van der Waals surface area contributed by atoms with Gasteiger partial charge in [0.1, 0.15) is 11.6 Å². The summed E-state index contributed by atoms with van der Waals surface area (Å²) in [5.74, 6) is 2.07. The molecular formula is C14H17ClN2O. The maximum atomic E-state index is 11.1. The molecule has 96 valence electrons. The van der Waals surface area contributed by atoms with E-state index in [1.165, 1.54) is 0 Å². The molecule has 1 aromatic rings. The molecule has 0 saturated carbocycles. The Bertz CT molecular complexity index is 465. The molecule has 1 aliphatic rings. The Hall–Kier alpha value is -1.28. The van der Waals surface area contributed by atoms with E-state index in [9.17, 15) is 4.79 Å². The minimum absolute atomic E-state index is 0.0611. The summed E-state index contributed by atoms with van der Waals surface area (Å²) in [6, 6.07) is 8.07. The first-order chi connectivity index (χ1) is 8.61. The van der Waals surface area contributed by atoms with Gasteiger partial charge < -0.3 is 10.2 Å². The number of hydrogen-bond donors (Lipinski definition) is 1. The molecule has 4 heteroatoms. The van der Waals surface area contributed by atoms with Crippen molar-refractivity contribution in [3.8, 4) is 0 Å². The number of carbonyl (C=O) groups excluding carboxylic acids is 1. The molecule has 1 heterocycles. The first-order valence-corrected chi connectivity index (χ1v) is 6.49.